The van der Waals surface area contributed by atoms with Crippen molar-refractivity contribution in [3.8, 4) is 0 Å². The van der Waals surface area contributed by atoms with Crippen molar-refractivity contribution in [1.29, 1.82) is 0 Å². The number of nitrogens with one attached hydrogen (secondary N) is 1. The van der Waals surface area contributed by atoms with E-state index in [0.29, 0.717) is 25.4 Å². The number of hydrogen-bond acceptors (Lipinski definition) is 3. The first-order valence-corrected chi connectivity index (χ1v) is 6.84. The molecule has 1 fully saturated rings. The van der Waals surface area contributed by atoms with Gasteiger partial charge in [0, 0.05) is 10.9 Å². The molecule has 0 spiro atoms. The highest BCUT2D eigenvalue weighted by atomic mass is 79.9. The molecular formula is C12H14BrNO2S. The molecule has 5 heteroatoms. The van der Waals surface area contributed by atoms with Gasteiger partial charge in [0.1, 0.15) is 5.54 Å². The van der Waals surface area contributed by atoms with Gasteiger partial charge in [-0.15, -0.1) is 0 Å². The van der Waals surface area contributed by atoms with Crippen molar-refractivity contribution in [1.82, 2.24) is 5.32 Å². The average Bonchev–Trinajstić information content (AvgIpc) is 2.25. The van der Waals surface area contributed by atoms with Gasteiger partial charge in [0.25, 0.3) is 0 Å². The van der Waals surface area contributed by atoms with Crippen LogP contribution in [0.1, 0.15) is 12.0 Å². The van der Waals surface area contributed by atoms with E-state index in [1.807, 2.05) is 24.3 Å². The van der Waals surface area contributed by atoms with Gasteiger partial charge in [0.2, 0.25) is 5.91 Å². The van der Waals surface area contributed by atoms with Crippen molar-refractivity contribution in [3.63, 3.8) is 0 Å². The van der Waals surface area contributed by atoms with Crippen molar-refractivity contribution < 1.29 is 9.53 Å². The number of rotatable bonds is 4. The van der Waals surface area contributed by atoms with Crippen LogP contribution in [0.5, 0.6) is 0 Å². The van der Waals surface area contributed by atoms with Gasteiger partial charge in [-0.3, -0.25) is 4.79 Å². The molecule has 17 heavy (non-hydrogen) atoms. The van der Waals surface area contributed by atoms with Crippen LogP contribution in [0.15, 0.2) is 28.7 Å². The maximum absolute atomic E-state index is 11.7. The molecule has 0 aromatic heterocycles. The molecular weight excluding hydrogens is 302 g/mol. The number of ether oxygens (including phenoxy) is 1. The SMILES string of the molecule is O=C(CCS)NC1(c2ccc(Br)cc2)COC1. The van der Waals surface area contributed by atoms with E-state index in [4.69, 9.17) is 4.74 Å². The van der Waals surface area contributed by atoms with Gasteiger partial charge < -0.3 is 10.1 Å². The molecule has 1 N–H and O–H groups in total. The standard InChI is InChI=1S/C12H14BrNO2S/c13-10-3-1-9(2-4-10)12(7-16-8-12)14-11(15)5-6-17/h1-4,17H,5-8H2,(H,14,15). The number of halogens is 1. The molecule has 0 aliphatic carbocycles. The molecule has 0 unspecified atom stereocenters. The van der Waals surface area contributed by atoms with Crippen LogP contribution in [0.4, 0.5) is 0 Å². The van der Waals surface area contributed by atoms with Gasteiger partial charge >= 0.3 is 0 Å². The van der Waals surface area contributed by atoms with Gasteiger partial charge in [0.15, 0.2) is 0 Å². The van der Waals surface area contributed by atoms with Crippen molar-refractivity contribution in [2.75, 3.05) is 19.0 Å². The summed E-state index contributed by atoms with van der Waals surface area (Å²) in [6.45, 7) is 1.07. The normalized spacial score (nSPS) is 17.3. The second-order valence-corrected chi connectivity index (χ2v) is 5.47. The van der Waals surface area contributed by atoms with Crippen LogP contribution in [0, 0.1) is 0 Å². The molecule has 1 aromatic carbocycles. The molecule has 1 aromatic rings. The van der Waals surface area contributed by atoms with E-state index in [1.165, 1.54) is 0 Å². The lowest BCUT2D eigenvalue weighted by Crippen LogP contribution is -2.59. The van der Waals surface area contributed by atoms with Crippen molar-refractivity contribution in [2.45, 2.75) is 12.0 Å². The lowest BCUT2D eigenvalue weighted by Gasteiger charge is -2.42. The third-order valence-electron chi connectivity index (χ3n) is 2.81. The maximum atomic E-state index is 11.7. The number of thiol groups is 1. The lowest BCUT2D eigenvalue weighted by atomic mass is 9.88. The zero-order valence-corrected chi connectivity index (χ0v) is 11.8. The molecule has 0 saturated carbocycles. The molecule has 2 rings (SSSR count). The third-order valence-corrected chi connectivity index (χ3v) is 3.56. The average molecular weight is 316 g/mol. The Balaban J connectivity index is 2.14. The monoisotopic (exact) mass is 315 g/mol. The minimum absolute atomic E-state index is 0.0196. The fourth-order valence-corrected chi connectivity index (χ4v) is 2.28. The van der Waals surface area contributed by atoms with E-state index in [1.54, 1.807) is 0 Å². The Bertz CT molecular complexity index is 403. The Kier molecular flexibility index (Phi) is 4.12. The smallest absolute Gasteiger partial charge is 0.221 e. The fourth-order valence-electron chi connectivity index (χ4n) is 1.82. The largest absolute Gasteiger partial charge is 0.376 e. The first-order chi connectivity index (χ1) is 8.16. The Morgan fingerprint density at radius 1 is 1.41 bits per heavy atom. The first-order valence-electron chi connectivity index (χ1n) is 5.42. The zero-order chi connectivity index (χ0) is 12.3. The summed E-state index contributed by atoms with van der Waals surface area (Å²) in [5.74, 6) is 0.578. The molecule has 92 valence electrons. The number of amides is 1. The summed E-state index contributed by atoms with van der Waals surface area (Å²) in [4.78, 5) is 11.7. The predicted molar refractivity (Wildman–Crippen MR) is 73.3 cm³/mol. The molecule has 0 bridgehead atoms. The summed E-state index contributed by atoms with van der Waals surface area (Å²) in [7, 11) is 0. The molecule has 1 aliphatic heterocycles. The van der Waals surface area contributed by atoms with Gasteiger partial charge in [-0.25, -0.2) is 0 Å². The van der Waals surface area contributed by atoms with Crippen molar-refractivity contribution in [2.24, 2.45) is 0 Å². The van der Waals surface area contributed by atoms with Crippen LogP contribution in [-0.4, -0.2) is 24.9 Å². The molecule has 1 saturated heterocycles. The van der Waals surface area contributed by atoms with Gasteiger partial charge in [0.05, 0.1) is 13.2 Å². The van der Waals surface area contributed by atoms with E-state index in [9.17, 15) is 4.79 Å². The van der Waals surface area contributed by atoms with Crippen LogP contribution in [0.3, 0.4) is 0 Å². The number of carbonyl (C=O) groups is 1. The van der Waals surface area contributed by atoms with Crippen molar-refractivity contribution in [3.05, 3.63) is 34.3 Å². The Morgan fingerprint density at radius 2 is 2.06 bits per heavy atom. The molecule has 1 heterocycles. The number of benzene rings is 1. The van der Waals surface area contributed by atoms with E-state index >= 15 is 0 Å². The summed E-state index contributed by atoms with van der Waals surface area (Å²) in [6.07, 6.45) is 0.432. The summed E-state index contributed by atoms with van der Waals surface area (Å²) in [6, 6.07) is 7.96. The molecule has 3 nitrogen and oxygen atoms in total. The fraction of sp³-hybridized carbons (Fsp3) is 0.417. The zero-order valence-electron chi connectivity index (χ0n) is 9.28. The molecule has 0 radical (unpaired) electrons. The van der Waals surface area contributed by atoms with E-state index < -0.39 is 0 Å². The summed E-state index contributed by atoms with van der Waals surface area (Å²) in [5.41, 5.74) is 0.736. The summed E-state index contributed by atoms with van der Waals surface area (Å²) in [5, 5.41) is 3.04. The third kappa shape index (κ3) is 2.84. The predicted octanol–water partition coefficient (Wildman–Crippen LogP) is 2.11. The minimum atomic E-state index is -0.346. The van der Waals surface area contributed by atoms with Gasteiger partial charge in [-0.05, 0) is 23.4 Å². The highest BCUT2D eigenvalue weighted by Gasteiger charge is 2.41. The second-order valence-electron chi connectivity index (χ2n) is 4.10. The highest BCUT2D eigenvalue weighted by molar-refractivity contribution is 9.10. The van der Waals surface area contributed by atoms with E-state index in [2.05, 4.69) is 33.9 Å². The van der Waals surface area contributed by atoms with Crippen LogP contribution >= 0.6 is 28.6 Å². The van der Waals surface area contributed by atoms with Gasteiger partial charge in [-0.2, -0.15) is 12.6 Å². The lowest BCUT2D eigenvalue weighted by molar-refractivity contribution is -0.133. The van der Waals surface area contributed by atoms with Crippen LogP contribution in [0.25, 0.3) is 0 Å². The number of hydrogen-bond donors (Lipinski definition) is 2. The van der Waals surface area contributed by atoms with Gasteiger partial charge in [-0.1, -0.05) is 28.1 Å². The van der Waals surface area contributed by atoms with E-state index in [0.717, 1.165) is 10.0 Å². The van der Waals surface area contributed by atoms with Crippen LogP contribution in [0.2, 0.25) is 0 Å². The molecule has 1 amide bonds. The maximum Gasteiger partial charge on any atom is 0.221 e. The Hall–Kier alpha value is -0.520. The molecule has 1 aliphatic rings. The van der Waals surface area contributed by atoms with Crippen LogP contribution in [-0.2, 0) is 15.1 Å². The Labute approximate surface area is 114 Å². The quantitative estimate of drug-likeness (QED) is 0.835. The highest BCUT2D eigenvalue weighted by Crippen LogP contribution is 2.30. The second kappa shape index (κ2) is 5.42. The molecule has 0 atom stereocenters. The van der Waals surface area contributed by atoms with Crippen LogP contribution < -0.4 is 5.32 Å². The minimum Gasteiger partial charge on any atom is -0.376 e. The Morgan fingerprint density at radius 3 is 2.53 bits per heavy atom. The summed E-state index contributed by atoms with van der Waals surface area (Å²) >= 11 is 7.46. The van der Waals surface area contributed by atoms with Crippen molar-refractivity contribution >= 4 is 34.5 Å². The van der Waals surface area contributed by atoms with E-state index in [-0.39, 0.29) is 11.4 Å². The number of carbonyl (C=O) groups excluding carboxylic acids is 1. The topological polar surface area (TPSA) is 38.3 Å². The first kappa shape index (κ1) is 12.9. The summed E-state index contributed by atoms with van der Waals surface area (Å²) < 4.78 is 6.28.